The van der Waals surface area contributed by atoms with Crippen molar-refractivity contribution in [3.05, 3.63) is 53.5 Å². The van der Waals surface area contributed by atoms with Gasteiger partial charge < -0.3 is 10.5 Å². The number of hydrogen-bond acceptors (Lipinski definition) is 4. The fraction of sp³-hybridized carbons (Fsp3) is 0.263. The Kier molecular flexibility index (Phi) is 4.34. The summed E-state index contributed by atoms with van der Waals surface area (Å²) in [7, 11) is 1.50. The van der Waals surface area contributed by atoms with E-state index in [0.717, 1.165) is 17.4 Å². The Morgan fingerprint density at radius 2 is 2.21 bits per heavy atom. The molecule has 2 N–H and O–H groups in total. The third kappa shape index (κ3) is 2.89. The lowest BCUT2D eigenvalue weighted by Gasteiger charge is -2.21. The first-order chi connectivity index (χ1) is 11.5. The zero-order valence-corrected chi connectivity index (χ0v) is 13.6. The van der Waals surface area contributed by atoms with E-state index in [0.29, 0.717) is 28.8 Å². The average molecular weight is 326 g/mol. The van der Waals surface area contributed by atoms with Crippen LogP contribution in [0.3, 0.4) is 0 Å². The largest absolute Gasteiger partial charge is 0.494 e. The number of nitrogens with zero attached hydrogens (tertiary/aromatic N) is 1. The summed E-state index contributed by atoms with van der Waals surface area (Å²) < 4.78 is 18.6. The van der Waals surface area contributed by atoms with E-state index in [-0.39, 0.29) is 17.7 Å². The molecule has 124 valence electrons. The Labute approximate surface area is 139 Å². The summed E-state index contributed by atoms with van der Waals surface area (Å²) in [6, 6.07) is 3.56. The van der Waals surface area contributed by atoms with Gasteiger partial charge in [0.2, 0.25) is 0 Å². The number of carbonyl (C=O) groups is 1. The number of aldehydes is 1. The first-order valence-corrected chi connectivity index (χ1v) is 7.79. The molecule has 1 aromatic carbocycles. The minimum atomic E-state index is -0.189. The van der Waals surface area contributed by atoms with Gasteiger partial charge in [0.25, 0.3) is 0 Å². The molecule has 24 heavy (non-hydrogen) atoms. The number of nitrogens with two attached hydrogens (primary N) is 1. The van der Waals surface area contributed by atoms with Crippen molar-refractivity contribution in [2.75, 3.05) is 12.8 Å². The van der Waals surface area contributed by atoms with Crippen LogP contribution in [0.2, 0.25) is 0 Å². The highest BCUT2D eigenvalue weighted by Crippen LogP contribution is 2.33. The first-order valence-electron chi connectivity index (χ1n) is 7.79. The zero-order valence-electron chi connectivity index (χ0n) is 13.6. The quantitative estimate of drug-likeness (QED) is 0.684. The number of methoxy groups -OCH3 is 1. The topological polar surface area (TPSA) is 65.2 Å². The number of hydrogen-bond donors (Lipinski definition) is 1. The Morgan fingerprint density at radius 1 is 1.42 bits per heavy atom. The molecule has 0 aliphatic heterocycles. The van der Waals surface area contributed by atoms with Gasteiger partial charge in [-0.2, -0.15) is 0 Å². The van der Waals surface area contributed by atoms with Crippen molar-refractivity contribution in [1.82, 2.24) is 4.98 Å². The van der Waals surface area contributed by atoms with E-state index in [9.17, 15) is 9.18 Å². The van der Waals surface area contributed by atoms with Crippen LogP contribution in [0.1, 0.15) is 22.8 Å². The van der Waals surface area contributed by atoms with E-state index >= 15 is 0 Å². The summed E-state index contributed by atoms with van der Waals surface area (Å²) >= 11 is 0. The van der Waals surface area contributed by atoms with Crippen molar-refractivity contribution < 1.29 is 13.9 Å². The third-order valence-electron chi connectivity index (χ3n) is 4.45. The van der Waals surface area contributed by atoms with Crippen LogP contribution in [-0.4, -0.2) is 18.4 Å². The number of nitrogen functional groups attached to an aromatic ring is 1. The fourth-order valence-corrected chi connectivity index (χ4v) is 3.12. The number of carbonyl (C=O) groups excluding carboxylic acids is 1. The van der Waals surface area contributed by atoms with Crippen molar-refractivity contribution in [3.63, 3.8) is 0 Å². The van der Waals surface area contributed by atoms with E-state index in [1.165, 1.54) is 13.2 Å². The molecule has 0 spiro atoms. The van der Waals surface area contributed by atoms with Crippen molar-refractivity contribution in [1.29, 1.82) is 0 Å². The number of anilines is 1. The highest BCUT2D eigenvalue weighted by atomic mass is 19.1. The van der Waals surface area contributed by atoms with Crippen LogP contribution in [-0.2, 0) is 6.42 Å². The summed E-state index contributed by atoms with van der Waals surface area (Å²) in [6.45, 7) is 2.00. The molecule has 0 saturated carbocycles. The minimum absolute atomic E-state index is 0.120. The second kappa shape index (κ2) is 6.43. The molecule has 2 unspecified atom stereocenters. The molecule has 1 aliphatic rings. The van der Waals surface area contributed by atoms with Crippen LogP contribution in [0.4, 0.5) is 10.1 Å². The lowest BCUT2D eigenvalue weighted by atomic mass is 9.85. The van der Waals surface area contributed by atoms with Gasteiger partial charge in [-0.3, -0.25) is 9.78 Å². The molecule has 0 fully saturated rings. The maximum Gasteiger partial charge on any atom is 0.155 e. The van der Waals surface area contributed by atoms with Crippen molar-refractivity contribution >= 4 is 22.9 Å². The van der Waals surface area contributed by atoms with Crippen LogP contribution < -0.4 is 10.5 Å². The molecule has 1 aliphatic carbocycles. The van der Waals surface area contributed by atoms with Gasteiger partial charge in [-0.05, 0) is 48.1 Å². The van der Waals surface area contributed by atoms with Crippen LogP contribution in [0.25, 0.3) is 10.9 Å². The normalized spacial score (nSPS) is 20.0. The summed E-state index contributed by atoms with van der Waals surface area (Å²) in [6.07, 6.45) is 8.23. The molecular formula is C19H19FN2O2. The van der Waals surface area contributed by atoms with Crippen molar-refractivity contribution in [2.24, 2.45) is 11.8 Å². The highest BCUT2D eigenvalue weighted by Gasteiger charge is 2.19. The Hall–Kier alpha value is -2.69. The summed E-state index contributed by atoms with van der Waals surface area (Å²) in [5, 5.41) is 0.754. The predicted molar refractivity (Wildman–Crippen MR) is 92.8 cm³/mol. The van der Waals surface area contributed by atoms with Gasteiger partial charge in [0.05, 0.1) is 12.7 Å². The molecule has 0 amide bonds. The molecule has 1 aromatic heterocycles. The van der Waals surface area contributed by atoms with Crippen LogP contribution in [0.5, 0.6) is 5.75 Å². The molecule has 4 nitrogen and oxygen atoms in total. The molecule has 5 heteroatoms. The molecule has 0 bridgehead atoms. The minimum Gasteiger partial charge on any atom is -0.494 e. The lowest BCUT2D eigenvalue weighted by Crippen LogP contribution is -2.13. The first kappa shape index (κ1) is 16.2. The third-order valence-corrected chi connectivity index (χ3v) is 4.45. The van der Waals surface area contributed by atoms with Crippen LogP contribution >= 0.6 is 0 Å². The van der Waals surface area contributed by atoms with E-state index in [1.54, 1.807) is 18.3 Å². The molecule has 1 heterocycles. The van der Waals surface area contributed by atoms with Crippen LogP contribution in [0.15, 0.2) is 42.4 Å². The molecule has 2 atom stereocenters. The second-order valence-electron chi connectivity index (χ2n) is 6.08. The van der Waals surface area contributed by atoms with E-state index in [2.05, 4.69) is 4.98 Å². The number of allylic oxidation sites excluding steroid dienone is 4. The van der Waals surface area contributed by atoms with Gasteiger partial charge in [-0.15, -0.1) is 0 Å². The summed E-state index contributed by atoms with van der Waals surface area (Å²) in [4.78, 5) is 15.6. The maximum absolute atomic E-state index is 13.3. The standard InChI is InChI=1S/C19H19FN2O2/c1-11-5-15(20)4-3-13(11)6-12-7-16-17(21)8-14(10-23)19(24-2)18(16)22-9-12/h3-5,7-11,13H,6,21H2,1-2H3. The van der Waals surface area contributed by atoms with Gasteiger partial charge in [-0.1, -0.05) is 13.0 Å². The average Bonchev–Trinajstić information content (AvgIpc) is 2.57. The van der Waals surface area contributed by atoms with Crippen molar-refractivity contribution in [3.8, 4) is 5.75 Å². The number of pyridine rings is 1. The molecule has 2 aromatic rings. The smallest absolute Gasteiger partial charge is 0.155 e. The van der Waals surface area contributed by atoms with E-state index < -0.39 is 0 Å². The Morgan fingerprint density at radius 3 is 2.88 bits per heavy atom. The van der Waals surface area contributed by atoms with E-state index in [1.807, 2.05) is 19.1 Å². The predicted octanol–water partition coefficient (Wildman–Crippen LogP) is 3.86. The van der Waals surface area contributed by atoms with Gasteiger partial charge in [-0.25, -0.2) is 4.39 Å². The van der Waals surface area contributed by atoms with Crippen LogP contribution in [0, 0.1) is 11.8 Å². The monoisotopic (exact) mass is 326 g/mol. The number of benzene rings is 1. The number of rotatable bonds is 4. The van der Waals surface area contributed by atoms with E-state index in [4.69, 9.17) is 10.5 Å². The number of fused-ring (bicyclic) bond motifs is 1. The highest BCUT2D eigenvalue weighted by molar-refractivity contribution is 6.01. The van der Waals surface area contributed by atoms with Crippen molar-refractivity contribution in [2.45, 2.75) is 13.3 Å². The SMILES string of the molecule is COc1c(C=O)cc(N)c2cc(CC3C=CC(F)=CC3C)cnc12. The van der Waals surface area contributed by atoms with Gasteiger partial charge in [0, 0.05) is 17.3 Å². The molecular weight excluding hydrogens is 307 g/mol. The van der Waals surface area contributed by atoms with Gasteiger partial charge in [0.15, 0.2) is 12.0 Å². The molecule has 0 saturated heterocycles. The second-order valence-corrected chi connectivity index (χ2v) is 6.08. The Balaban J connectivity index is 1.99. The fourth-order valence-electron chi connectivity index (χ4n) is 3.12. The van der Waals surface area contributed by atoms with Gasteiger partial charge in [0.1, 0.15) is 11.3 Å². The molecule has 0 radical (unpaired) electrons. The number of halogens is 1. The summed E-state index contributed by atoms with van der Waals surface area (Å²) in [5.41, 5.74) is 8.52. The number of ether oxygens (including phenoxy) is 1. The molecule has 3 rings (SSSR count). The lowest BCUT2D eigenvalue weighted by molar-refractivity contribution is 0.112. The summed E-state index contributed by atoms with van der Waals surface area (Å²) in [5.74, 6) is 0.568. The zero-order chi connectivity index (χ0) is 17.3. The van der Waals surface area contributed by atoms with Gasteiger partial charge >= 0.3 is 0 Å². The maximum atomic E-state index is 13.3. The number of aromatic nitrogens is 1. The Bertz CT molecular complexity index is 858.